The Labute approximate surface area is 464 Å². The molecule has 0 saturated heterocycles. The standard InChI is InChI=1S/C72H87O4P/c1-49(58-28-31-61-64(43-58)70(10,11)37-34-67(61,4)5)40-52-16-22-55(23-17-52)46-74-77(73,75-47-56-24-18-53(19-25-56)41-50(2)59-29-32-62-65(44-59)71(12,13)38-35-68(62,6)7)76-48-57-26-20-54(21-27-57)42-51(3)60-30-33-63-66(45-60)72(14,15)39-36-69(63,8)9/h16-33,40-45H,34-39,46-48H2,1-15H3/b49-40+,50-41+,51-42+. The van der Waals surface area contributed by atoms with E-state index in [1.54, 1.807) is 0 Å². The molecule has 0 radical (unpaired) electrons. The lowest BCUT2D eigenvalue weighted by Gasteiger charge is -2.42. The zero-order chi connectivity index (χ0) is 55.3. The molecule has 3 aliphatic rings. The van der Waals surface area contributed by atoms with E-state index in [0.29, 0.717) is 0 Å². The first-order valence-electron chi connectivity index (χ1n) is 28.4. The fourth-order valence-corrected chi connectivity index (χ4v) is 13.3. The number of benzene rings is 6. The zero-order valence-corrected chi connectivity index (χ0v) is 50.2. The van der Waals surface area contributed by atoms with Crippen LogP contribution in [0.1, 0.15) is 226 Å². The fourth-order valence-electron chi connectivity index (χ4n) is 12.2. The van der Waals surface area contributed by atoms with Gasteiger partial charge in [-0.2, -0.15) is 0 Å². The Hall–Kier alpha value is -5.35. The monoisotopic (exact) mass is 1050 g/mol. The number of phosphoric acid groups is 1. The van der Waals surface area contributed by atoms with Gasteiger partial charge in [0, 0.05) is 0 Å². The fraction of sp³-hybridized carbons (Fsp3) is 0.417. The Bertz CT molecular complexity index is 2930. The van der Waals surface area contributed by atoms with Crippen molar-refractivity contribution < 1.29 is 18.1 Å². The van der Waals surface area contributed by atoms with E-state index in [2.05, 4.69) is 213 Å². The van der Waals surface area contributed by atoms with Gasteiger partial charge in [0.25, 0.3) is 0 Å². The Balaban J connectivity index is 0.896. The maximum absolute atomic E-state index is 14.7. The summed E-state index contributed by atoms with van der Waals surface area (Å²) in [6.45, 7) is 35.3. The summed E-state index contributed by atoms with van der Waals surface area (Å²) in [6, 6.07) is 45.9. The summed E-state index contributed by atoms with van der Waals surface area (Å²) in [5.41, 5.74) is 23.1. The maximum Gasteiger partial charge on any atom is 0.475 e. The average molecular weight is 1050 g/mol. The van der Waals surface area contributed by atoms with Crippen LogP contribution < -0.4 is 0 Å². The lowest BCUT2D eigenvalue weighted by Crippen LogP contribution is -2.33. The van der Waals surface area contributed by atoms with Crippen LogP contribution in [-0.2, 0) is 70.4 Å². The normalized spacial score (nSPS) is 19.2. The molecule has 0 heterocycles. The molecular formula is C72H87O4P. The minimum atomic E-state index is -4.07. The predicted molar refractivity (Wildman–Crippen MR) is 327 cm³/mol. The SMILES string of the molecule is C/C(=C\c1ccc(COP(=O)(OCc2ccc(/C=C(\C)c3ccc4c(c3)C(C)(C)CCC4(C)C)cc2)OCc2ccc(/C=C(\C)c3ccc4c(c3)C(C)(C)CCC4(C)C)cc2)cc1)c1ccc2c(c1)C(C)(C)CCC2(C)C. The summed E-state index contributed by atoms with van der Waals surface area (Å²) < 4.78 is 33.3. The van der Waals surface area contributed by atoms with Gasteiger partial charge in [0.2, 0.25) is 0 Å². The molecule has 0 N–H and O–H groups in total. The molecule has 6 aromatic carbocycles. The molecular weight excluding hydrogens is 960 g/mol. The van der Waals surface area contributed by atoms with Gasteiger partial charge >= 0.3 is 7.82 Å². The lowest BCUT2D eigenvalue weighted by molar-refractivity contribution is 0.0978. The van der Waals surface area contributed by atoms with Crippen molar-refractivity contribution in [2.75, 3.05) is 0 Å². The molecule has 0 saturated carbocycles. The summed E-state index contributed by atoms with van der Waals surface area (Å²) >= 11 is 0. The second kappa shape index (κ2) is 21.4. The van der Waals surface area contributed by atoms with Crippen molar-refractivity contribution in [1.29, 1.82) is 0 Å². The summed E-state index contributed by atoms with van der Waals surface area (Å²) in [5, 5.41) is 0. The first kappa shape index (κ1) is 56.4. The van der Waals surface area contributed by atoms with E-state index < -0.39 is 7.82 Å². The van der Waals surface area contributed by atoms with Crippen LogP contribution >= 0.6 is 7.82 Å². The highest BCUT2D eigenvalue weighted by molar-refractivity contribution is 7.48. The quantitative estimate of drug-likeness (QED) is 0.0759. The van der Waals surface area contributed by atoms with Gasteiger partial charge in [0.15, 0.2) is 0 Å². The van der Waals surface area contributed by atoms with Gasteiger partial charge in [-0.1, -0.05) is 229 Å². The van der Waals surface area contributed by atoms with Crippen LogP contribution in [0.3, 0.4) is 0 Å². The largest absolute Gasteiger partial charge is 0.475 e. The van der Waals surface area contributed by atoms with E-state index in [0.717, 1.165) is 33.4 Å². The smallest absolute Gasteiger partial charge is 0.282 e. The molecule has 0 unspecified atom stereocenters. The third kappa shape index (κ3) is 12.6. The number of fused-ring (bicyclic) bond motifs is 3. The summed E-state index contributed by atoms with van der Waals surface area (Å²) in [7, 11) is -4.07. The van der Waals surface area contributed by atoms with Gasteiger partial charge in [-0.15, -0.1) is 0 Å². The molecule has 404 valence electrons. The highest BCUT2D eigenvalue weighted by Crippen LogP contribution is 2.53. The van der Waals surface area contributed by atoms with Crippen molar-refractivity contribution in [3.8, 4) is 0 Å². The van der Waals surface area contributed by atoms with Crippen LogP contribution in [-0.4, -0.2) is 0 Å². The van der Waals surface area contributed by atoms with E-state index in [-0.39, 0.29) is 52.3 Å². The molecule has 0 amide bonds. The van der Waals surface area contributed by atoms with E-state index in [1.165, 1.54) is 105 Å². The second-order valence-corrected chi connectivity index (χ2v) is 28.7. The molecule has 9 rings (SSSR count). The molecule has 3 aliphatic carbocycles. The molecule has 0 spiro atoms. The highest BCUT2D eigenvalue weighted by atomic mass is 31.2. The Kier molecular flexibility index (Phi) is 15.6. The molecule has 5 heteroatoms. The molecule has 0 aromatic heterocycles. The van der Waals surface area contributed by atoms with Crippen molar-refractivity contribution in [2.45, 2.75) is 195 Å². The van der Waals surface area contributed by atoms with Gasteiger partial charge in [-0.05, 0) is 192 Å². The van der Waals surface area contributed by atoms with Crippen LogP contribution in [0, 0.1) is 0 Å². The molecule has 0 bridgehead atoms. The van der Waals surface area contributed by atoms with Gasteiger partial charge in [-0.3, -0.25) is 13.6 Å². The minimum absolute atomic E-state index is 0.0662. The highest BCUT2D eigenvalue weighted by Gasteiger charge is 2.39. The van der Waals surface area contributed by atoms with Crippen molar-refractivity contribution in [1.82, 2.24) is 0 Å². The second-order valence-electron chi connectivity index (χ2n) is 27.1. The molecule has 0 aliphatic heterocycles. The maximum atomic E-state index is 14.7. The van der Waals surface area contributed by atoms with Crippen LogP contribution in [0.4, 0.5) is 0 Å². The van der Waals surface area contributed by atoms with E-state index in [1.807, 2.05) is 36.4 Å². The van der Waals surface area contributed by atoms with Gasteiger partial charge in [-0.25, -0.2) is 4.57 Å². The number of hydrogen-bond donors (Lipinski definition) is 0. The van der Waals surface area contributed by atoms with Crippen molar-refractivity contribution in [3.63, 3.8) is 0 Å². The predicted octanol–water partition coefficient (Wildman–Crippen LogP) is 20.5. The van der Waals surface area contributed by atoms with Crippen LogP contribution in [0.15, 0.2) is 127 Å². The first-order valence-corrected chi connectivity index (χ1v) is 29.9. The Morgan fingerprint density at radius 3 is 0.805 bits per heavy atom. The summed E-state index contributed by atoms with van der Waals surface area (Å²) in [5.74, 6) is 0. The van der Waals surface area contributed by atoms with Crippen LogP contribution in [0.5, 0.6) is 0 Å². The molecule has 6 aromatic rings. The molecule has 4 nitrogen and oxygen atoms in total. The Morgan fingerprint density at radius 2 is 0.571 bits per heavy atom. The number of rotatable bonds is 15. The van der Waals surface area contributed by atoms with Crippen LogP contribution in [0.25, 0.3) is 34.9 Å². The first-order chi connectivity index (χ1) is 36.1. The van der Waals surface area contributed by atoms with Gasteiger partial charge in [0.05, 0.1) is 19.8 Å². The molecule has 0 atom stereocenters. The van der Waals surface area contributed by atoms with Crippen molar-refractivity contribution >= 4 is 42.8 Å². The van der Waals surface area contributed by atoms with E-state index in [9.17, 15) is 4.57 Å². The van der Waals surface area contributed by atoms with Crippen LogP contribution in [0.2, 0.25) is 0 Å². The minimum Gasteiger partial charge on any atom is -0.282 e. The third-order valence-corrected chi connectivity index (χ3v) is 19.5. The topological polar surface area (TPSA) is 44.8 Å². The number of phosphoric ester groups is 1. The number of hydrogen-bond acceptors (Lipinski definition) is 4. The molecule has 77 heavy (non-hydrogen) atoms. The third-order valence-electron chi connectivity index (χ3n) is 18.2. The Morgan fingerprint density at radius 1 is 0.351 bits per heavy atom. The molecule has 0 fully saturated rings. The van der Waals surface area contributed by atoms with Crippen molar-refractivity contribution in [2.24, 2.45) is 0 Å². The zero-order valence-electron chi connectivity index (χ0n) is 49.3. The lowest BCUT2D eigenvalue weighted by atomic mass is 9.63. The van der Waals surface area contributed by atoms with E-state index >= 15 is 0 Å². The number of allylic oxidation sites excluding steroid dienone is 3. The van der Waals surface area contributed by atoms with Gasteiger partial charge < -0.3 is 0 Å². The summed E-state index contributed by atoms with van der Waals surface area (Å²) in [6.07, 6.45) is 13.9. The average Bonchev–Trinajstić information content (AvgIpc) is 3.50. The van der Waals surface area contributed by atoms with Crippen molar-refractivity contribution in [3.05, 3.63) is 211 Å². The summed E-state index contributed by atoms with van der Waals surface area (Å²) in [4.78, 5) is 0. The van der Waals surface area contributed by atoms with E-state index in [4.69, 9.17) is 13.6 Å². The van der Waals surface area contributed by atoms with Gasteiger partial charge in [0.1, 0.15) is 0 Å².